The lowest BCUT2D eigenvalue weighted by Gasteiger charge is -1.98. The summed E-state index contributed by atoms with van der Waals surface area (Å²) in [6.07, 6.45) is 11.1. The Bertz CT molecular complexity index is 2150. The van der Waals surface area contributed by atoms with E-state index in [9.17, 15) is 0 Å². The van der Waals surface area contributed by atoms with Gasteiger partial charge in [0.1, 0.15) is 5.58 Å². The Hall–Kier alpha value is -5.71. The number of pyridine rings is 1. The SMILES string of the molecule is C1=Cc2ccccc2C1.CC.CC.CC.CC.CC.CC.CC.CC.CC.CC.CCn1ccc2ccccc21.c1ccc2ncccc2c1.c1ccc2occc2c1.c1ccc2sccc2c1. The predicted octanol–water partition coefficient (Wildman–Crippen LogP) is 22.7. The summed E-state index contributed by atoms with van der Waals surface area (Å²) in [7, 11) is 0. The number of benzene rings is 5. The number of nitrogens with zero attached hydrogens (tertiary/aromatic N) is 2. The van der Waals surface area contributed by atoms with E-state index in [1.165, 1.54) is 37.5 Å². The maximum atomic E-state index is 5.12. The Balaban J connectivity index is -0.000000223. The number of allylic oxidation sites excluding steroid dienone is 1. The molecule has 0 aliphatic heterocycles. The summed E-state index contributed by atoms with van der Waals surface area (Å²) in [5.41, 5.74) is 6.19. The van der Waals surface area contributed by atoms with Crippen LogP contribution in [0.5, 0.6) is 0 Å². The lowest BCUT2D eigenvalue weighted by molar-refractivity contribution is 0.616. The molecule has 3 nitrogen and oxygen atoms in total. The van der Waals surface area contributed by atoms with Crippen molar-refractivity contribution in [2.75, 3.05) is 0 Å². The Morgan fingerprint density at radius 3 is 1.54 bits per heavy atom. The van der Waals surface area contributed by atoms with Crippen molar-refractivity contribution < 1.29 is 4.42 Å². The van der Waals surface area contributed by atoms with Gasteiger partial charge in [0.05, 0.1) is 11.8 Å². The van der Waals surface area contributed by atoms with Crippen molar-refractivity contribution in [3.8, 4) is 0 Å². The first-order chi connectivity index (χ1) is 33.8. The first kappa shape index (κ1) is 71.3. The highest BCUT2D eigenvalue weighted by molar-refractivity contribution is 7.17. The second kappa shape index (κ2) is 55.6. The minimum Gasteiger partial charge on any atom is -0.464 e. The number of hydrogen-bond acceptors (Lipinski definition) is 3. The van der Waals surface area contributed by atoms with Crippen LogP contribution in [-0.2, 0) is 13.0 Å². The quantitative estimate of drug-likeness (QED) is 0.164. The number of furan rings is 1. The summed E-state index contributed by atoms with van der Waals surface area (Å²) < 4.78 is 8.74. The van der Waals surface area contributed by atoms with E-state index in [2.05, 4.69) is 137 Å². The molecular weight excluding hydrogens is 845 g/mol. The van der Waals surface area contributed by atoms with Gasteiger partial charge in [-0.15, -0.1) is 11.3 Å². The van der Waals surface area contributed by atoms with Crippen molar-refractivity contribution in [3.63, 3.8) is 0 Å². The second-order valence-electron chi connectivity index (χ2n) is 11.1. The molecule has 1 aliphatic carbocycles. The molecular formula is C64H98N2OS. The number of hydrogen-bond donors (Lipinski definition) is 0. The van der Waals surface area contributed by atoms with Gasteiger partial charge in [0.2, 0.25) is 0 Å². The number of aryl methyl sites for hydroxylation is 1. The van der Waals surface area contributed by atoms with Crippen molar-refractivity contribution >= 4 is 60.3 Å². The van der Waals surface area contributed by atoms with Gasteiger partial charge in [0, 0.05) is 39.9 Å². The average molecular weight is 944 g/mol. The van der Waals surface area contributed by atoms with E-state index in [1.54, 1.807) is 17.6 Å². The fourth-order valence-electron chi connectivity index (χ4n) is 5.44. The molecule has 68 heavy (non-hydrogen) atoms. The van der Waals surface area contributed by atoms with Gasteiger partial charge in [-0.25, -0.2) is 0 Å². The van der Waals surface area contributed by atoms with E-state index < -0.39 is 0 Å². The highest BCUT2D eigenvalue weighted by Gasteiger charge is 2.00. The fourth-order valence-corrected chi connectivity index (χ4v) is 6.23. The van der Waals surface area contributed by atoms with Crippen LogP contribution in [0.4, 0.5) is 0 Å². The van der Waals surface area contributed by atoms with Crippen LogP contribution in [0.25, 0.3) is 48.9 Å². The molecule has 0 spiro atoms. The number of aromatic nitrogens is 2. The molecule has 0 atom stereocenters. The third-order valence-electron chi connectivity index (χ3n) is 7.95. The van der Waals surface area contributed by atoms with Crippen LogP contribution in [0, 0.1) is 0 Å². The molecule has 1 aliphatic rings. The van der Waals surface area contributed by atoms with Gasteiger partial charge in [0.25, 0.3) is 0 Å². The Kier molecular flexibility index (Phi) is 58.3. The Morgan fingerprint density at radius 1 is 0.471 bits per heavy atom. The van der Waals surface area contributed by atoms with E-state index in [0.717, 1.165) is 29.5 Å². The van der Waals surface area contributed by atoms with E-state index in [1.807, 2.05) is 199 Å². The van der Waals surface area contributed by atoms with E-state index >= 15 is 0 Å². The first-order valence-electron chi connectivity index (χ1n) is 26.2. The number of para-hydroxylation sites is 3. The third kappa shape index (κ3) is 29.1. The number of thiophene rings is 1. The van der Waals surface area contributed by atoms with Crippen LogP contribution in [0.2, 0.25) is 0 Å². The molecule has 0 unspecified atom stereocenters. The van der Waals surface area contributed by atoms with E-state index in [-0.39, 0.29) is 0 Å². The monoisotopic (exact) mass is 943 g/mol. The van der Waals surface area contributed by atoms with E-state index in [0.29, 0.717) is 0 Å². The van der Waals surface area contributed by atoms with Gasteiger partial charge >= 0.3 is 0 Å². The predicted molar refractivity (Wildman–Crippen MR) is 320 cm³/mol. The normalized spacial score (nSPS) is 8.60. The maximum absolute atomic E-state index is 5.12. The van der Waals surface area contributed by atoms with Crippen molar-refractivity contribution in [2.45, 2.75) is 158 Å². The molecule has 376 valence electrons. The molecule has 0 saturated carbocycles. The molecule has 10 rings (SSSR count). The van der Waals surface area contributed by atoms with Gasteiger partial charge in [-0.2, -0.15) is 0 Å². The number of fused-ring (bicyclic) bond motifs is 5. The molecule has 4 aromatic heterocycles. The van der Waals surface area contributed by atoms with Gasteiger partial charge < -0.3 is 8.98 Å². The summed E-state index contributed by atoms with van der Waals surface area (Å²) in [4.78, 5) is 4.18. The van der Waals surface area contributed by atoms with Crippen LogP contribution >= 0.6 is 11.3 Å². The minimum absolute atomic E-state index is 0.956. The summed E-state index contributed by atoms with van der Waals surface area (Å²) in [5, 5.41) is 7.16. The zero-order chi connectivity index (χ0) is 52.8. The Labute approximate surface area is 423 Å². The molecule has 9 aromatic rings. The lowest BCUT2D eigenvalue weighted by atomic mass is 10.1. The van der Waals surface area contributed by atoms with Crippen molar-refractivity contribution in [1.29, 1.82) is 0 Å². The molecule has 4 heterocycles. The summed E-state index contributed by atoms with van der Waals surface area (Å²) in [5.74, 6) is 0. The largest absolute Gasteiger partial charge is 0.464 e. The van der Waals surface area contributed by atoms with Crippen LogP contribution in [0.1, 0.15) is 157 Å². The van der Waals surface area contributed by atoms with Crippen LogP contribution < -0.4 is 0 Å². The highest BCUT2D eigenvalue weighted by Crippen LogP contribution is 2.19. The molecule has 0 saturated heterocycles. The van der Waals surface area contributed by atoms with Gasteiger partial charge in [-0.1, -0.05) is 254 Å². The molecule has 0 fully saturated rings. The Morgan fingerprint density at radius 2 is 0.971 bits per heavy atom. The van der Waals surface area contributed by atoms with Gasteiger partial charge in [-0.3, -0.25) is 4.98 Å². The van der Waals surface area contributed by atoms with Crippen molar-refractivity contribution in [1.82, 2.24) is 9.55 Å². The zero-order valence-corrected chi connectivity index (χ0v) is 47.8. The third-order valence-corrected chi connectivity index (χ3v) is 8.84. The van der Waals surface area contributed by atoms with Gasteiger partial charge in [0.15, 0.2) is 0 Å². The summed E-state index contributed by atoms with van der Waals surface area (Å²) in [6.45, 7) is 43.2. The lowest BCUT2D eigenvalue weighted by Crippen LogP contribution is -1.89. The summed E-state index contributed by atoms with van der Waals surface area (Å²) in [6, 6.07) is 51.6. The van der Waals surface area contributed by atoms with Crippen LogP contribution in [0.15, 0.2) is 186 Å². The molecule has 0 bridgehead atoms. The van der Waals surface area contributed by atoms with Crippen LogP contribution in [-0.4, -0.2) is 9.55 Å². The standard InChI is InChI=1S/C10H11N.C9H7N.C9H8.C8H6O.C8H6S.10C2H6/c1-2-11-8-7-9-5-3-4-6-10(9)11;1-2-6-9-8(4-1)5-3-7-10-9;1-2-5-9-7-3-6-8(9)4-1;2*1-2-4-8-7(3-1)5-6-9-8;10*1-2/h3-8H,2H2,1H3;1-7H;1-6H,7H2;2*1-6H;10*1-2H3. The van der Waals surface area contributed by atoms with Crippen molar-refractivity contribution in [3.05, 3.63) is 193 Å². The molecule has 0 N–H and O–H groups in total. The highest BCUT2D eigenvalue weighted by atomic mass is 32.1. The average Bonchev–Trinajstić information content (AvgIpc) is 4.33. The first-order valence-corrected chi connectivity index (χ1v) is 27.1. The summed E-state index contributed by atoms with van der Waals surface area (Å²) >= 11 is 1.79. The fraction of sp³-hybridized carbons (Fsp3) is 0.359. The van der Waals surface area contributed by atoms with Gasteiger partial charge in [-0.05, 0) is 89.2 Å². The molecule has 0 amide bonds. The second-order valence-corrected chi connectivity index (χ2v) is 12.0. The minimum atomic E-state index is 0.956. The van der Waals surface area contributed by atoms with E-state index in [4.69, 9.17) is 4.42 Å². The van der Waals surface area contributed by atoms with Crippen LogP contribution in [0.3, 0.4) is 0 Å². The molecule has 5 aromatic carbocycles. The maximum Gasteiger partial charge on any atom is 0.133 e. The molecule has 4 heteroatoms. The molecule has 0 radical (unpaired) electrons. The van der Waals surface area contributed by atoms with Crippen molar-refractivity contribution in [2.24, 2.45) is 0 Å². The zero-order valence-electron chi connectivity index (χ0n) is 47.0. The smallest absolute Gasteiger partial charge is 0.133 e. The topological polar surface area (TPSA) is 31.0 Å². The number of rotatable bonds is 1.